The van der Waals surface area contributed by atoms with Crippen LogP contribution in [-0.4, -0.2) is 20.6 Å². The molecule has 1 atom stereocenters. The largest absolute Gasteiger partial charge is 0.498 e. The Morgan fingerprint density at radius 3 is 2.05 bits per heavy atom. The van der Waals surface area contributed by atoms with Gasteiger partial charge in [0, 0.05) is 6.10 Å². The fourth-order valence-corrected chi connectivity index (χ4v) is 6.52. The van der Waals surface area contributed by atoms with E-state index in [1.54, 1.807) is 0 Å². The van der Waals surface area contributed by atoms with Gasteiger partial charge in [0.15, 0.2) is 0 Å². The summed E-state index contributed by atoms with van der Waals surface area (Å²) < 4.78 is 6.48. The number of rotatable bonds is 14. The molecule has 0 aromatic carbocycles. The molecule has 2 heteroatoms. The molecule has 1 nitrogen and oxygen atoms in total. The average molecular weight is 325 g/mol. The van der Waals surface area contributed by atoms with E-state index in [1.165, 1.54) is 107 Å². The van der Waals surface area contributed by atoms with E-state index in [0.717, 1.165) is 0 Å². The molecule has 22 heavy (non-hydrogen) atoms. The Bertz CT molecular complexity index is 210. The standard InChI is InChI=1S/C12H24O.C8H17.Al/c1-3-5-6-7-8-9-11-12(13)10-4-2;1-3-5-7-8-6-4-2;/h12H,2-11H2,1H3;1,3-8H2,2H3;/q-1;;+1. The van der Waals surface area contributed by atoms with Gasteiger partial charge in [0.1, 0.15) is 0 Å². The Hall–Kier alpha value is 0.492. The summed E-state index contributed by atoms with van der Waals surface area (Å²) in [4.78, 5) is 0. The fourth-order valence-electron chi connectivity index (χ4n) is 3.71. The van der Waals surface area contributed by atoms with Crippen LogP contribution < -0.4 is 0 Å². The molecule has 0 aromatic heterocycles. The van der Waals surface area contributed by atoms with E-state index in [-0.39, 0.29) is 0 Å². The zero-order chi connectivity index (χ0) is 15.9. The van der Waals surface area contributed by atoms with Crippen molar-refractivity contribution < 1.29 is 3.79 Å². The van der Waals surface area contributed by atoms with Crippen LogP contribution in [0.25, 0.3) is 0 Å². The zero-order valence-electron chi connectivity index (χ0n) is 15.6. The lowest BCUT2D eigenvalue weighted by atomic mass is 10.0. The van der Waals surface area contributed by atoms with Gasteiger partial charge in [-0.25, -0.2) is 0 Å². The van der Waals surface area contributed by atoms with Crippen molar-refractivity contribution in [2.75, 3.05) is 0 Å². The predicted molar refractivity (Wildman–Crippen MR) is 101 cm³/mol. The van der Waals surface area contributed by atoms with Gasteiger partial charge in [-0.1, -0.05) is 108 Å². The minimum Gasteiger partial charge on any atom is -0.498 e. The second-order valence-corrected chi connectivity index (χ2v) is 10.1. The van der Waals surface area contributed by atoms with Gasteiger partial charge in [-0.15, -0.1) is 0 Å². The Morgan fingerprint density at radius 1 is 0.773 bits per heavy atom. The predicted octanol–water partition coefficient (Wildman–Crippen LogP) is 7.27. The highest BCUT2D eigenvalue weighted by atomic mass is 27.2. The quantitative estimate of drug-likeness (QED) is 0.241. The van der Waals surface area contributed by atoms with Crippen LogP contribution in [0, 0.1) is 0 Å². The molecular formula is C20H41AlO. The summed E-state index contributed by atoms with van der Waals surface area (Å²) in [5, 5.41) is 2.92. The third-order valence-corrected chi connectivity index (χ3v) is 8.07. The molecule has 1 rings (SSSR count). The Balaban J connectivity index is 1.96. The van der Waals surface area contributed by atoms with Gasteiger partial charge in [0.2, 0.25) is 0 Å². The second kappa shape index (κ2) is 15.0. The van der Waals surface area contributed by atoms with Gasteiger partial charge >= 0.3 is 14.5 Å². The molecule has 0 radical (unpaired) electrons. The summed E-state index contributed by atoms with van der Waals surface area (Å²) in [5.74, 6) is 0. The summed E-state index contributed by atoms with van der Waals surface area (Å²) in [5.41, 5.74) is 0. The second-order valence-electron chi connectivity index (χ2n) is 7.42. The van der Waals surface area contributed by atoms with Crippen molar-refractivity contribution in [3.05, 3.63) is 0 Å². The van der Waals surface area contributed by atoms with E-state index < -0.39 is 14.5 Å². The summed E-state index contributed by atoms with van der Waals surface area (Å²) in [7, 11) is 0. The number of hydrogen-bond donors (Lipinski definition) is 0. The maximum absolute atomic E-state index is 6.48. The van der Waals surface area contributed by atoms with Crippen molar-refractivity contribution >= 4 is 14.5 Å². The average Bonchev–Trinajstić information content (AvgIpc) is 2.54. The van der Waals surface area contributed by atoms with E-state index in [2.05, 4.69) is 13.8 Å². The molecule has 0 spiro atoms. The summed E-state index contributed by atoms with van der Waals surface area (Å²) in [6.07, 6.45) is 21.9. The van der Waals surface area contributed by atoms with Crippen LogP contribution in [0.5, 0.6) is 0 Å². The Morgan fingerprint density at radius 2 is 1.36 bits per heavy atom. The maximum Gasteiger partial charge on any atom is 0.460 e. The molecule has 1 unspecified atom stereocenters. The van der Waals surface area contributed by atoms with Crippen LogP contribution in [0.4, 0.5) is 0 Å². The molecule has 0 N–H and O–H groups in total. The van der Waals surface area contributed by atoms with Crippen LogP contribution >= 0.6 is 0 Å². The Kier molecular flexibility index (Phi) is 14.0. The summed E-state index contributed by atoms with van der Waals surface area (Å²) in [6, 6.07) is 0. The van der Waals surface area contributed by atoms with Gasteiger partial charge < -0.3 is 3.79 Å². The molecule has 0 aromatic rings. The van der Waals surface area contributed by atoms with Crippen molar-refractivity contribution in [3.63, 3.8) is 0 Å². The lowest BCUT2D eigenvalue weighted by Crippen LogP contribution is -2.30. The van der Waals surface area contributed by atoms with Crippen molar-refractivity contribution in [2.45, 2.75) is 127 Å². The molecule has 0 amide bonds. The summed E-state index contributed by atoms with van der Waals surface area (Å²) >= 11 is -0.813. The first-order chi connectivity index (χ1) is 10.9. The van der Waals surface area contributed by atoms with E-state index in [9.17, 15) is 0 Å². The summed E-state index contributed by atoms with van der Waals surface area (Å²) in [6.45, 7) is 4.59. The molecular weight excluding hydrogens is 283 g/mol. The number of hydrogen-bond acceptors (Lipinski definition) is 1. The molecule has 0 bridgehead atoms. The van der Waals surface area contributed by atoms with Crippen molar-refractivity contribution in [3.8, 4) is 0 Å². The van der Waals surface area contributed by atoms with Gasteiger partial charge in [-0.2, -0.15) is 0 Å². The van der Waals surface area contributed by atoms with E-state index >= 15 is 0 Å². The minimum absolute atomic E-state index is 0.650. The van der Waals surface area contributed by atoms with Gasteiger partial charge in [0.25, 0.3) is 0 Å². The first kappa shape index (κ1) is 20.5. The monoisotopic (exact) mass is 324 g/mol. The molecule has 0 saturated carbocycles. The Labute approximate surface area is 145 Å². The molecule has 130 valence electrons. The van der Waals surface area contributed by atoms with Crippen LogP contribution in [0.1, 0.15) is 110 Å². The van der Waals surface area contributed by atoms with E-state index in [1.807, 2.05) is 0 Å². The van der Waals surface area contributed by atoms with Crippen LogP contribution in [0.3, 0.4) is 0 Å². The maximum atomic E-state index is 6.48. The van der Waals surface area contributed by atoms with Crippen molar-refractivity contribution in [2.24, 2.45) is 0 Å². The van der Waals surface area contributed by atoms with Crippen molar-refractivity contribution in [1.82, 2.24) is 0 Å². The third-order valence-electron chi connectivity index (χ3n) is 5.20. The zero-order valence-corrected chi connectivity index (χ0v) is 16.7. The van der Waals surface area contributed by atoms with Gasteiger partial charge in [0.05, 0.1) is 0 Å². The van der Waals surface area contributed by atoms with E-state index in [4.69, 9.17) is 3.79 Å². The van der Waals surface area contributed by atoms with Crippen LogP contribution in [0.15, 0.2) is 0 Å². The topological polar surface area (TPSA) is 9.23 Å². The highest BCUT2D eigenvalue weighted by Crippen LogP contribution is 2.25. The smallest absolute Gasteiger partial charge is 0.460 e. The lowest BCUT2D eigenvalue weighted by Gasteiger charge is -2.28. The highest BCUT2D eigenvalue weighted by molar-refractivity contribution is 6.52. The third kappa shape index (κ3) is 11.1. The van der Waals surface area contributed by atoms with Gasteiger partial charge in [-0.05, 0) is 12.8 Å². The van der Waals surface area contributed by atoms with E-state index in [0.29, 0.717) is 6.10 Å². The molecule has 1 fully saturated rings. The van der Waals surface area contributed by atoms with Crippen LogP contribution in [0.2, 0.25) is 10.6 Å². The molecule has 1 aliphatic rings. The molecule has 1 saturated heterocycles. The molecule has 1 aliphatic heterocycles. The number of unbranched alkanes of at least 4 members (excludes halogenated alkanes) is 10. The fraction of sp³-hybridized carbons (Fsp3) is 1.00. The SMILES string of the molecule is CCCCCCCCC1CC[CH2][Al]([CH2]CCCCCCC)[O]1. The first-order valence-corrected chi connectivity index (χ1v) is 12.6. The minimum atomic E-state index is -0.813. The van der Waals surface area contributed by atoms with Gasteiger partial charge in [-0.3, -0.25) is 0 Å². The van der Waals surface area contributed by atoms with Crippen molar-refractivity contribution in [1.29, 1.82) is 0 Å². The molecule has 0 aliphatic carbocycles. The lowest BCUT2D eigenvalue weighted by molar-refractivity contribution is 0.156. The first-order valence-electron chi connectivity index (χ1n) is 10.5. The molecule has 1 heterocycles. The van der Waals surface area contributed by atoms with Crippen LogP contribution in [-0.2, 0) is 3.79 Å². The highest BCUT2D eigenvalue weighted by Gasteiger charge is 2.27. The normalized spacial score (nSPS) is 18.8.